The fraction of sp³-hybridized carbons (Fsp3) is 1.00. The van der Waals surface area contributed by atoms with Crippen molar-refractivity contribution in [2.75, 3.05) is 45.9 Å². The first-order valence-electron chi connectivity index (χ1n) is 4.72. The predicted octanol–water partition coefficient (Wildman–Crippen LogP) is 0.783. The standard InChI is InChI=1S/C8H15FN2OS/c9-13-11-6-8(7-11)5-10-1-3-12-4-2-10/h8H,1-7H2. The van der Waals surface area contributed by atoms with Gasteiger partial charge in [0, 0.05) is 32.7 Å². The molecule has 0 spiro atoms. The van der Waals surface area contributed by atoms with Gasteiger partial charge in [-0.3, -0.25) is 4.90 Å². The fourth-order valence-electron chi connectivity index (χ4n) is 1.84. The summed E-state index contributed by atoms with van der Waals surface area (Å²) in [6.45, 7) is 6.71. The molecule has 2 rings (SSSR count). The summed E-state index contributed by atoms with van der Waals surface area (Å²) < 4.78 is 19.0. The van der Waals surface area contributed by atoms with Crippen LogP contribution in [0.3, 0.4) is 0 Å². The minimum Gasteiger partial charge on any atom is -0.379 e. The van der Waals surface area contributed by atoms with E-state index in [4.69, 9.17) is 4.74 Å². The molecule has 5 heteroatoms. The molecule has 13 heavy (non-hydrogen) atoms. The highest BCUT2D eigenvalue weighted by Crippen LogP contribution is 2.25. The van der Waals surface area contributed by atoms with Crippen LogP contribution < -0.4 is 0 Å². The van der Waals surface area contributed by atoms with Crippen molar-refractivity contribution < 1.29 is 8.62 Å². The number of ether oxygens (including phenoxy) is 1. The van der Waals surface area contributed by atoms with E-state index >= 15 is 0 Å². The first-order chi connectivity index (χ1) is 6.38. The minimum atomic E-state index is 0.367. The maximum atomic E-state index is 12.0. The number of hydrogen-bond acceptors (Lipinski definition) is 4. The van der Waals surface area contributed by atoms with Crippen LogP contribution in [0.2, 0.25) is 0 Å². The Bertz CT molecular complexity index is 160. The topological polar surface area (TPSA) is 15.7 Å². The van der Waals surface area contributed by atoms with Gasteiger partial charge in [-0.25, -0.2) is 4.31 Å². The highest BCUT2D eigenvalue weighted by atomic mass is 32.2. The van der Waals surface area contributed by atoms with Gasteiger partial charge in [0.1, 0.15) is 12.3 Å². The second-order valence-electron chi connectivity index (χ2n) is 3.69. The van der Waals surface area contributed by atoms with Crippen molar-refractivity contribution in [2.24, 2.45) is 5.92 Å². The molecule has 0 aromatic carbocycles. The van der Waals surface area contributed by atoms with Crippen molar-refractivity contribution in [3.8, 4) is 0 Å². The van der Waals surface area contributed by atoms with Gasteiger partial charge >= 0.3 is 0 Å². The van der Waals surface area contributed by atoms with E-state index in [2.05, 4.69) is 4.90 Å². The molecule has 3 nitrogen and oxygen atoms in total. The number of rotatable bonds is 3. The number of halogens is 1. The second-order valence-corrected chi connectivity index (χ2v) is 4.35. The molecule has 0 aliphatic carbocycles. The summed E-state index contributed by atoms with van der Waals surface area (Å²) in [7, 11) is 0. The Kier molecular flexibility index (Phi) is 3.43. The lowest BCUT2D eigenvalue weighted by molar-refractivity contribution is 0.0200. The third-order valence-electron chi connectivity index (χ3n) is 2.64. The van der Waals surface area contributed by atoms with E-state index in [-0.39, 0.29) is 0 Å². The summed E-state index contributed by atoms with van der Waals surface area (Å²) in [6, 6.07) is 0. The normalized spacial score (nSPS) is 27.5. The van der Waals surface area contributed by atoms with Crippen LogP contribution in [0.25, 0.3) is 0 Å². The quantitative estimate of drug-likeness (QED) is 0.634. The Morgan fingerprint density at radius 3 is 2.62 bits per heavy atom. The van der Waals surface area contributed by atoms with E-state index in [0.717, 1.165) is 45.9 Å². The molecule has 0 amide bonds. The molecule has 0 N–H and O–H groups in total. The maximum Gasteiger partial charge on any atom is 0.134 e. The molecule has 76 valence electrons. The zero-order valence-electron chi connectivity index (χ0n) is 7.62. The smallest absolute Gasteiger partial charge is 0.134 e. The highest BCUT2D eigenvalue weighted by molar-refractivity contribution is 7.91. The second kappa shape index (κ2) is 4.59. The van der Waals surface area contributed by atoms with Crippen LogP contribution in [0.15, 0.2) is 0 Å². The molecule has 0 saturated carbocycles. The van der Waals surface area contributed by atoms with Gasteiger partial charge < -0.3 is 4.74 Å². The van der Waals surface area contributed by atoms with Gasteiger partial charge in [-0.05, 0) is 5.92 Å². The van der Waals surface area contributed by atoms with Crippen LogP contribution >= 0.6 is 12.3 Å². The van der Waals surface area contributed by atoms with E-state index in [9.17, 15) is 3.89 Å². The maximum absolute atomic E-state index is 12.0. The Balaban J connectivity index is 1.62. The van der Waals surface area contributed by atoms with Crippen LogP contribution in [0.5, 0.6) is 0 Å². The molecule has 0 unspecified atom stereocenters. The van der Waals surface area contributed by atoms with E-state index in [1.165, 1.54) is 0 Å². The van der Waals surface area contributed by atoms with Crippen molar-refractivity contribution in [2.45, 2.75) is 0 Å². The molecule has 2 saturated heterocycles. The lowest BCUT2D eigenvalue weighted by atomic mass is 10.0. The average molecular weight is 206 g/mol. The van der Waals surface area contributed by atoms with Crippen LogP contribution in [-0.4, -0.2) is 55.1 Å². The summed E-state index contributed by atoms with van der Waals surface area (Å²) >= 11 is 0.367. The molecule has 0 atom stereocenters. The Labute approximate surface area is 82.6 Å². The van der Waals surface area contributed by atoms with E-state index in [1.807, 2.05) is 0 Å². The van der Waals surface area contributed by atoms with Crippen LogP contribution in [0.1, 0.15) is 0 Å². The highest BCUT2D eigenvalue weighted by Gasteiger charge is 2.29. The zero-order valence-corrected chi connectivity index (χ0v) is 8.43. The first kappa shape index (κ1) is 9.71. The molecule has 2 aliphatic rings. The van der Waals surface area contributed by atoms with Crippen molar-refractivity contribution in [3.05, 3.63) is 0 Å². The Hall–Kier alpha value is 0.160. The van der Waals surface area contributed by atoms with Crippen molar-refractivity contribution in [1.29, 1.82) is 0 Å². The summed E-state index contributed by atoms with van der Waals surface area (Å²) in [5.41, 5.74) is 0. The molecule has 0 aromatic heterocycles. The minimum absolute atomic E-state index is 0.367. The zero-order chi connectivity index (χ0) is 9.10. The first-order valence-corrected chi connectivity index (χ1v) is 5.39. The van der Waals surface area contributed by atoms with E-state index in [1.54, 1.807) is 4.31 Å². The molecular formula is C8H15FN2OS. The van der Waals surface area contributed by atoms with Crippen LogP contribution in [0.4, 0.5) is 3.89 Å². The molecular weight excluding hydrogens is 191 g/mol. The monoisotopic (exact) mass is 206 g/mol. The van der Waals surface area contributed by atoms with Crippen LogP contribution in [-0.2, 0) is 4.74 Å². The van der Waals surface area contributed by atoms with E-state index < -0.39 is 0 Å². The van der Waals surface area contributed by atoms with Crippen LogP contribution in [0, 0.1) is 5.92 Å². The molecule has 2 heterocycles. The number of hydrogen-bond donors (Lipinski definition) is 0. The van der Waals surface area contributed by atoms with Gasteiger partial charge in [-0.1, -0.05) is 0 Å². The lowest BCUT2D eigenvalue weighted by Crippen LogP contribution is -2.49. The summed E-state index contributed by atoms with van der Waals surface area (Å²) in [4.78, 5) is 2.41. The number of morpholine rings is 1. The Morgan fingerprint density at radius 2 is 2.00 bits per heavy atom. The lowest BCUT2D eigenvalue weighted by Gasteiger charge is -2.39. The van der Waals surface area contributed by atoms with Gasteiger partial charge in [-0.2, -0.15) is 0 Å². The third kappa shape index (κ3) is 2.56. The van der Waals surface area contributed by atoms with Gasteiger partial charge in [0.2, 0.25) is 0 Å². The SMILES string of the molecule is FSN1CC(CN2CCOCC2)C1. The van der Waals surface area contributed by atoms with Crippen molar-refractivity contribution >= 4 is 12.3 Å². The molecule has 2 aliphatic heterocycles. The molecule has 2 fully saturated rings. The average Bonchev–Trinajstić information content (AvgIpc) is 2.12. The predicted molar refractivity (Wildman–Crippen MR) is 51.0 cm³/mol. The summed E-state index contributed by atoms with van der Waals surface area (Å²) in [5.74, 6) is 0.668. The van der Waals surface area contributed by atoms with Gasteiger partial charge in [0.15, 0.2) is 0 Å². The van der Waals surface area contributed by atoms with Gasteiger partial charge in [0.05, 0.1) is 13.2 Å². The van der Waals surface area contributed by atoms with Gasteiger partial charge in [-0.15, -0.1) is 3.89 Å². The van der Waals surface area contributed by atoms with Crippen molar-refractivity contribution in [3.63, 3.8) is 0 Å². The molecule has 0 bridgehead atoms. The summed E-state index contributed by atoms with van der Waals surface area (Å²) in [5, 5.41) is 0. The van der Waals surface area contributed by atoms with Gasteiger partial charge in [0.25, 0.3) is 0 Å². The van der Waals surface area contributed by atoms with E-state index in [0.29, 0.717) is 18.3 Å². The fourth-order valence-corrected chi connectivity index (χ4v) is 2.38. The Morgan fingerprint density at radius 1 is 1.31 bits per heavy atom. The molecule has 0 radical (unpaired) electrons. The molecule has 0 aromatic rings. The largest absolute Gasteiger partial charge is 0.379 e. The van der Waals surface area contributed by atoms with Crippen molar-refractivity contribution in [1.82, 2.24) is 9.21 Å². The summed E-state index contributed by atoms with van der Waals surface area (Å²) in [6.07, 6.45) is 0. The third-order valence-corrected chi connectivity index (χ3v) is 3.13. The number of nitrogens with zero attached hydrogens (tertiary/aromatic N) is 2.